The van der Waals surface area contributed by atoms with Crippen molar-refractivity contribution in [1.29, 1.82) is 0 Å². The minimum atomic E-state index is -0.291. The van der Waals surface area contributed by atoms with E-state index < -0.39 is 0 Å². The molecule has 0 bridgehead atoms. The first kappa shape index (κ1) is 17.0. The highest BCUT2D eigenvalue weighted by molar-refractivity contribution is 9.10. The van der Waals surface area contributed by atoms with Gasteiger partial charge in [0.05, 0.1) is 5.69 Å². The van der Waals surface area contributed by atoms with Crippen LogP contribution in [-0.2, 0) is 12.8 Å². The fraction of sp³-hybridized carbons (Fsp3) is 0.200. The van der Waals surface area contributed by atoms with Crippen molar-refractivity contribution in [1.82, 2.24) is 9.78 Å². The largest absolute Gasteiger partial charge is 0.320 e. The maximum absolute atomic E-state index is 13.2. The van der Waals surface area contributed by atoms with E-state index in [2.05, 4.69) is 26.3 Å². The Bertz CT molecular complexity index is 995. The summed E-state index contributed by atoms with van der Waals surface area (Å²) < 4.78 is 16.0. The molecule has 26 heavy (non-hydrogen) atoms. The standard InChI is InChI=1S/C20H17BrFN3O/c1-12-11-13(21)5-10-17(12)23-20(26)19-16-3-2-4-18(16)25(24-19)15-8-6-14(22)7-9-15/h5-11H,2-4H2,1H3,(H,23,26). The highest BCUT2D eigenvalue weighted by Crippen LogP contribution is 2.29. The molecule has 1 aliphatic carbocycles. The van der Waals surface area contributed by atoms with Gasteiger partial charge in [-0.3, -0.25) is 4.79 Å². The number of carbonyl (C=O) groups excluding carboxylic acids is 1. The zero-order valence-electron chi connectivity index (χ0n) is 14.2. The van der Waals surface area contributed by atoms with Crippen molar-refractivity contribution < 1.29 is 9.18 Å². The zero-order valence-corrected chi connectivity index (χ0v) is 15.8. The van der Waals surface area contributed by atoms with Crippen LogP contribution in [0.2, 0.25) is 0 Å². The van der Waals surface area contributed by atoms with Crippen LogP contribution >= 0.6 is 15.9 Å². The van der Waals surface area contributed by atoms with Crippen molar-refractivity contribution in [3.8, 4) is 5.69 Å². The molecule has 3 aromatic rings. The number of nitrogens with zero attached hydrogens (tertiary/aromatic N) is 2. The van der Waals surface area contributed by atoms with Crippen LogP contribution in [0.4, 0.5) is 10.1 Å². The van der Waals surface area contributed by atoms with E-state index in [1.165, 1.54) is 12.1 Å². The molecule has 0 fully saturated rings. The summed E-state index contributed by atoms with van der Waals surface area (Å²) in [6.45, 7) is 1.95. The van der Waals surface area contributed by atoms with Crippen LogP contribution in [-0.4, -0.2) is 15.7 Å². The molecule has 4 rings (SSSR count). The summed E-state index contributed by atoms with van der Waals surface area (Å²) in [5.74, 6) is -0.504. The van der Waals surface area contributed by atoms with Crippen molar-refractivity contribution in [2.24, 2.45) is 0 Å². The Balaban J connectivity index is 1.69. The van der Waals surface area contributed by atoms with Crippen LogP contribution in [0.1, 0.15) is 33.7 Å². The van der Waals surface area contributed by atoms with Gasteiger partial charge < -0.3 is 5.32 Å². The summed E-state index contributed by atoms with van der Waals surface area (Å²) in [7, 11) is 0. The van der Waals surface area contributed by atoms with Gasteiger partial charge in [0.25, 0.3) is 5.91 Å². The Kier molecular flexibility index (Phi) is 4.36. The van der Waals surface area contributed by atoms with Crippen LogP contribution in [0.15, 0.2) is 46.9 Å². The van der Waals surface area contributed by atoms with Crippen molar-refractivity contribution in [2.45, 2.75) is 26.2 Å². The Hall–Kier alpha value is -2.47. The van der Waals surface area contributed by atoms with Crippen LogP contribution in [0, 0.1) is 12.7 Å². The number of aryl methyl sites for hydroxylation is 1. The number of rotatable bonds is 3. The molecule has 4 nitrogen and oxygen atoms in total. The number of nitrogens with one attached hydrogen (secondary N) is 1. The number of benzene rings is 2. The van der Waals surface area contributed by atoms with Gasteiger partial charge in [-0.05, 0) is 74.2 Å². The summed E-state index contributed by atoms with van der Waals surface area (Å²) in [5, 5.41) is 7.51. The minimum Gasteiger partial charge on any atom is -0.320 e. The predicted octanol–water partition coefficient (Wildman–Crippen LogP) is 4.82. The van der Waals surface area contributed by atoms with Gasteiger partial charge in [-0.25, -0.2) is 9.07 Å². The van der Waals surface area contributed by atoms with Gasteiger partial charge in [-0.15, -0.1) is 0 Å². The summed E-state index contributed by atoms with van der Waals surface area (Å²) in [5.41, 5.74) is 4.98. The number of anilines is 1. The van der Waals surface area contributed by atoms with Crippen LogP contribution < -0.4 is 5.32 Å². The van der Waals surface area contributed by atoms with Gasteiger partial charge in [-0.1, -0.05) is 15.9 Å². The smallest absolute Gasteiger partial charge is 0.276 e. The SMILES string of the molecule is Cc1cc(Br)ccc1NC(=O)c1nn(-c2ccc(F)cc2)c2c1CCC2. The minimum absolute atomic E-state index is 0.213. The average molecular weight is 414 g/mol. The van der Waals surface area contributed by atoms with Crippen molar-refractivity contribution in [2.75, 3.05) is 5.32 Å². The van der Waals surface area contributed by atoms with E-state index in [1.54, 1.807) is 16.8 Å². The number of hydrogen-bond acceptors (Lipinski definition) is 2. The van der Waals surface area contributed by atoms with Gasteiger partial charge in [0.2, 0.25) is 0 Å². The molecule has 6 heteroatoms. The van der Waals surface area contributed by atoms with Gasteiger partial charge in [-0.2, -0.15) is 5.10 Å². The molecule has 1 aromatic heterocycles. The lowest BCUT2D eigenvalue weighted by Gasteiger charge is -2.08. The van der Waals surface area contributed by atoms with Crippen LogP contribution in [0.25, 0.3) is 5.69 Å². The lowest BCUT2D eigenvalue weighted by Crippen LogP contribution is -2.15. The molecule has 0 atom stereocenters. The Labute approximate surface area is 159 Å². The van der Waals surface area contributed by atoms with Gasteiger partial charge in [0.15, 0.2) is 5.69 Å². The first-order valence-electron chi connectivity index (χ1n) is 8.47. The number of halogens is 2. The molecule has 0 spiro atoms. The van der Waals surface area contributed by atoms with Gasteiger partial charge >= 0.3 is 0 Å². The molecule has 0 saturated heterocycles. The molecular weight excluding hydrogens is 397 g/mol. The first-order chi connectivity index (χ1) is 12.5. The second-order valence-corrected chi connectivity index (χ2v) is 7.34. The van der Waals surface area contributed by atoms with E-state index in [1.807, 2.05) is 25.1 Å². The number of carbonyl (C=O) groups is 1. The predicted molar refractivity (Wildman–Crippen MR) is 102 cm³/mol. The summed E-state index contributed by atoms with van der Waals surface area (Å²) in [6.07, 6.45) is 2.69. The van der Waals surface area contributed by atoms with Crippen molar-refractivity contribution in [3.05, 3.63) is 75.3 Å². The second-order valence-electron chi connectivity index (χ2n) is 6.43. The molecule has 132 valence electrons. The summed E-state index contributed by atoms with van der Waals surface area (Å²) in [4.78, 5) is 12.9. The van der Waals surface area contributed by atoms with E-state index in [-0.39, 0.29) is 11.7 Å². The molecule has 1 aliphatic rings. The Morgan fingerprint density at radius 1 is 1.19 bits per heavy atom. The molecule has 2 aromatic carbocycles. The van der Waals surface area contributed by atoms with E-state index in [4.69, 9.17) is 0 Å². The zero-order chi connectivity index (χ0) is 18.3. The molecule has 0 saturated carbocycles. The maximum Gasteiger partial charge on any atom is 0.276 e. The number of hydrogen-bond donors (Lipinski definition) is 1. The molecule has 0 radical (unpaired) electrons. The molecule has 1 amide bonds. The third-order valence-corrected chi connectivity index (χ3v) is 5.15. The Morgan fingerprint density at radius 3 is 2.69 bits per heavy atom. The quantitative estimate of drug-likeness (QED) is 0.668. The molecule has 0 aliphatic heterocycles. The molecule has 1 N–H and O–H groups in total. The topological polar surface area (TPSA) is 46.9 Å². The lowest BCUT2D eigenvalue weighted by atomic mass is 10.1. The van der Waals surface area contributed by atoms with E-state index in [0.29, 0.717) is 5.69 Å². The first-order valence-corrected chi connectivity index (χ1v) is 9.26. The number of aromatic nitrogens is 2. The highest BCUT2D eigenvalue weighted by Gasteiger charge is 2.27. The molecule has 0 unspecified atom stereocenters. The van der Waals surface area contributed by atoms with Crippen molar-refractivity contribution in [3.63, 3.8) is 0 Å². The number of amides is 1. The van der Waals surface area contributed by atoms with E-state index in [9.17, 15) is 9.18 Å². The molecular formula is C20H17BrFN3O. The normalized spacial score (nSPS) is 12.9. The highest BCUT2D eigenvalue weighted by atomic mass is 79.9. The molecule has 1 heterocycles. The fourth-order valence-electron chi connectivity index (χ4n) is 3.36. The van der Waals surface area contributed by atoms with Gasteiger partial charge in [0.1, 0.15) is 5.82 Å². The monoisotopic (exact) mass is 413 g/mol. The lowest BCUT2D eigenvalue weighted by molar-refractivity contribution is 0.102. The average Bonchev–Trinajstić information content (AvgIpc) is 3.20. The number of fused-ring (bicyclic) bond motifs is 1. The van der Waals surface area contributed by atoms with Gasteiger partial charge in [0, 0.05) is 21.4 Å². The Morgan fingerprint density at radius 2 is 1.96 bits per heavy atom. The van der Waals surface area contributed by atoms with Crippen molar-refractivity contribution >= 4 is 27.5 Å². The third kappa shape index (κ3) is 3.05. The van der Waals surface area contributed by atoms with E-state index >= 15 is 0 Å². The summed E-state index contributed by atoms with van der Waals surface area (Å²) in [6, 6.07) is 11.9. The van der Waals surface area contributed by atoms with E-state index in [0.717, 1.165) is 51.9 Å². The summed E-state index contributed by atoms with van der Waals surface area (Å²) >= 11 is 3.43. The maximum atomic E-state index is 13.2. The van der Waals surface area contributed by atoms with Crippen LogP contribution in [0.3, 0.4) is 0 Å². The second kappa shape index (κ2) is 6.68. The fourth-order valence-corrected chi connectivity index (χ4v) is 3.84. The van der Waals surface area contributed by atoms with Crippen LogP contribution in [0.5, 0.6) is 0 Å². The third-order valence-electron chi connectivity index (χ3n) is 4.65.